The number of amides is 1. The molecule has 6 fully saturated rings. The van der Waals surface area contributed by atoms with Crippen LogP contribution in [0.25, 0.3) is 11.0 Å². The first-order valence-corrected chi connectivity index (χ1v) is 28.6. The van der Waals surface area contributed by atoms with Gasteiger partial charge in [0.05, 0.1) is 47.9 Å². The molecular weight excluding hydrogens is 1020 g/mol. The van der Waals surface area contributed by atoms with E-state index in [4.69, 9.17) is 14.2 Å². The van der Waals surface area contributed by atoms with Gasteiger partial charge in [-0.25, -0.2) is 22.5 Å². The zero-order chi connectivity index (χ0) is 54.7. The highest BCUT2D eigenvalue weighted by atomic mass is 32.2. The zero-order valence-electron chi connectivity index (χ0n) is 44.7. The van der Waals surface area contributed by atoms with Gasteiger partial charge in [0.15, 0.2) is 5.75 Å². The number of H-pyrrole nitrogens is 1. The number of halogens is 1. The molecule has 1 spiro atoms. The van der Waals surface area contributed by atoms with Crippen LogP contribution in [0, 0.1) is 27.3 Å². The SMILES string of the molecule is COc1ccc(CN2C3CC2[C@@H](c2ccccc2C(C)C)N(C2CC4(CCN(c5ccc(C(=O)NS(=O)(=O)c6cnc(NCC7CCC(C)(O)CC7)c([N+](=O)[O-])c6)c(Oc6cc7c(F)c[nH]c7nc6OC)c5)CC4)C2)C3)cc1. The summed E-state index contributed by atoms with van der Waals surface area (Å²) < 4.78 is 62.2. The lowest BCUT2D eigenvalue weighted by atomic mass is 9.59. The number of carbonyl (C=O) groups excluding carboxylic acids is 1. The Kier molecular flexibility index (Phi) is 14.4. The van der Waals surface area contributed by atoms with E-state index in [-0.39, 0.29) is 57.2 Å². The van der Waals surface area contributed by atoms with Gasteiger partial charge in [0, 0.05) is 80.9 Å². The number of benzene rings is 3. The first-order chi connectivity index (χ1) is 37.4. The molecule has 1 amide bonds. The highest BCUT2D eigenvalue weighted by Crippen LogP contribution is 2.57. The van der Waals surface area contributed by atoms with Crippen molar-refractivity contribution in [2.75, 3.05) is 50.6 Å². The molecule has 18 nitrogen and oxygen atoms in total. The van der Waals surface area contributed by atoms with Crippen molar-refractivity contribution in [2.24, 2.45) is 11.3 Å². The number of nitrogens with one attached hydrogen (secondary N) is 3. The maximum absolute atomic E-state index is 14.9. The topological polar surface area (TPSA) is 218 Å². The Morgan fingerprint density at radius 2 is 1.72 bits per heavy atom. The normalized spacial score (nSPS) is 23.4. The van der Waals surface area contributed by atoms with Crippen molar-refractivity contribution in [3.8, 4) is 23.1 Å². The highest BCUT2D eigenvalue weighted by Gasteiger charge is 2.57. The Labute approximate surface area is 453 Å². The van der Waals surface area contributed by atoms with Crippen LogP contribution in [-0.2, 0) is 16.6 Å². The minimum atomic E-state index is -4.74. The number of methoxy groups -OCH3 is 2. The molecule has 4 N–H and O–H groups in total. The number of ether oxygens (including phenoxy) is 3. The number of hydrogen-bond donors (Lipinski definition) is 4. The number of piperidine rings is 2. The van der Waals surface area contributed by atoms with Gasteiger partial charge < -0.3 is 34.5 Å². The molecule has 20 heteroatoms. The van der Waals surface area contributed by atoms with Crippen LogP contribution in [0.2, 0.25) is 0 Å². The average molecular weight is 1090 g/mol. The van der Waals surface area contributed by atoms with E-state index in [2.05, 4.69) is 89.9 Å². The first-order valence-electron chi connectivity index (χ1n) is 27.1. The predicted octanol–water partition coefficient (Wildman–Crippen LogP) is 9.86. The Balaban J connectivity index is 0.809. The molecule has 6 aliphatic rings. The predicted molar refractivity (Wildman–Crippen MR) is 293 cm³/mol. The quantitative estimate of drug-likeness (QED) is 0.0494. The average Bonchev–Trinajstić information content (AvgIpc) is 3.63. The second-order valence-electron chi connectivity index (χ2n) is 22.8. The van der Waals surface area contributed by atoms with Crippen LogP contribution in [0.15, 0.2) is 96.2 Å². The molecule has 4 aliphatic heterocycles. The molecule has 2 bridgehead atoms. The van der Waals surface area contributed by atoms with E-state index in [0.29, 0.717) is 56.3 Å². The lowest BCUT2D eigenvalue weighted by molar-refractivity contribution is -0.384. The summed E-state index contributed by atoms with van der Waals surface area (Å²) in [7, 11) is -1.67. The fraction of sp³-hybridized carbons (Fsp3) is 0.466. The minimum absolute atomic E-state index is 0.0125. The largest absolute Gasteiger partial charge is 0.497 e. The van der Waals surface area contributed by atoms with E-state index < -0.39 is 42.9 Å². The molecule has 0 radical (unpaired) electrons. The van der Waals surface area contributed by atoms with E-state index in [9.17, 15) is 32.8 Å². The number of fused-ring (bicyclic) bond motifs is 3. The Morgan fingerprint density at radius 3 is 2.42 bits per heavy atom. The number of hydrogen-bond acceptors (Lipinski definition) is 15. The molecule has 78 heavy (non-hydrogen) atoms. The number of aliphatic hydroxyl groups is 1. The van der Waals surface area contributed by atoms with E-state index in [1.807, 2.05) is 12.1 Å². The number of aromatic amines is 1. The maximum Gasteiger partial charge on any atom is 0.312 e. The number of sulfonamides is 1. The molecule has 412 valence electrons. The summed E-state index contributed by atoms with van der Waals surface area (Å²) in [6.45, 7) is 10.1. The van der Waals surface area contributed by atoms with Crippen molar-refractivity contribution in [2.45, 2.75) is 126 Å². The van der Waals surface area contributed by atoms with Gasteiger partial charge in [-0.3, -0.25) is 24.7 Å². The first kappa shape index (κ1) is 53.1. The summed E-state index contributed by atoms with van der Waals surface area (Å²) in [5, 5.41) is 25.7. The van der Waals surface area contributed by atoms with Crippen LogP contribution in [-0.4, -0.2) is 113 Å². The number of nitro groups is 1. The molecule has 2 unspecified atom stereocenters. The van der Waals surface area contributed by atoms with Gasteiger partial charge in [-0.05, 0) is 123 Å². The second-order valence-corrected chi connectivity index (χ2v) is 24.5. The van der Waals surface area contributed by atoms with Gasteiger partial charge >= 0.3 is 5.69 Å². The third-order valence-electron chi connectivity index (χ3n) is 17.5. The van der Waals surface area contributed by atoms with Gasteiger partial charge in [0.2, 0.25) is 5.82 Å². The standard InChI is InChI=1S/C58H68FN9O9S/c1-35(2)43-8-6-7-9-44(43)52-48-24-39(66(48)33-37-10-13-41(75-4)14-11-37)34-67(52)40-28-58(29-40)20-22-65(23-21-58)38-12-15-45(50(25-38)77-51-27-46-47(59)32-62-53(46)63-56(51)76-5)55(69)64-78(73,74)42-26-49(68(71)72)54(61-31-42)60-30-36-16-18-57(3,70)19-17-36/h6-15,25-27,31-32,35-36,39-40,48,52,70H,16-24,28-30,33-34H2,1-5H3,(H,60,61)(H,62,63)(H,64,69)/t36?,39?,48?,52-,57?/m1/s1. The molecule has 6 aromatic rings. The third-order valence-corrected chi connectivity index (χ3v) is 18.8. The maximum atomic E-state index is 14.9. The molecule has 4 saturated heterocycles. The number of anilines is 2. The summed E-state index contributed by atoms with van der Waals surface area (Å²) in [6.07, 6.45) is 10.0. The smallest absolute Gasteiger partial charge is 0.312 e. The summed E-state index contributed by atoms with van der Waals surface area (Å²) in [5.74, 6) is -0.480. The lowest BCUT2D eigenvalue weighted by Gasteiger charge is -2.66. The van der Waals surface area contributed by atoms with Crippen molar-refractivity contribution < 1.29 is 41.8 Å². The molecule has 3 atom stereocenters. The summed E-state index contributed by atoms with van der Waals surface area (Å²) in [4.78, 5) is 44.2. The van der Waals surface area contributed by atoms with Crippen LogP contribution >= 0.6 is 0 Å². The Bertz CT molecular complexity index is 3330. The van der Waals surface area contributed by atoms with Crippen molar-refractivity contribution in [3.05, 3.63) is 129 Å². The van der Waals surface area contributed by atoms with Gasteiger partial charge in [0.1, 0.15) is 27.9 Å². The number of nitrogens with zero attached hydrogens (tertiary/aromatic N) is 6. The van der Waals surface area contributed by atoms with Gasteiger partial charge in [0.25, 0.3) is 21.8 Å². The molecular formula is C58H68FN9O9S. The van der Waals surface area contributed by atoms with E-state index in [1.54, 1.807) is 26.2 Å². The minimum Gasteiger partial charge on any atom is -0.497 e. The molecule has 2 aliphatic carbocycles. The highest BCUT2D eigenvalue weighted by molar-refractivity contribution is 7.90. The monoisotopic (exact) mass is 1090 g/mol. The van der Waals surface area contributed by atoms with Crippen LogP contribution in [0.5, 0.6) is 23.1 Å². The van der Waals surface area contributed by atoms with Crippen molar-refractivity contribution in [1.29, 1.82) is 0 Å². The molecule has 2 saturated carbocycles. The lowest BCUT2D eigenvalue weighted by Crippen LogP contribution is -2.72. The van der Waals surface area contributed by atoms with Crippen LogP contribution in [0.1, 0.15) is 118 Å². The number of pyridine rings is 2. The summed E-state index contributed by atoms with van der Waals surface area (Å²) in [6, 6.07) is 26.3. The Morgan fingerprint density at radius 1 is 0.974 bits per heavy atom. The van der Waals surface area contributed by atoms with Gasteiger partial charge in [-0.1, -0.05) is 50.2 Å². The number of rotatable bonds is 17. The van der Waals surface area contributed by atoms with E-state index in [1.165, 1.54) is 42.4 Å². The second kappa shape index (κ2) is 21.1. The van der Waals surface area contributed by atoms with Crippen LogP contribution in [0.3, 0.4) is 0 Å². The van der Waals surface area contributed by atoms with E-state index in [0.717, 1.165) is 81.8 Å². The number of carbonyl (C=O) groups is 1. The number of aromatic nitrogens is 3. The summed E-state index contributed by atoms with van der Waals surface area (Å²) in [5.41, 5.74) is 3.75. The molecule has 3 aromatic heterocycles. The number of piperazine rings is 1. The molecule has 12 rings (SSSR count). The van der Waals surface area contributed by atoms with Gasteiger partial charge in [-0.15, -0.1) is 0 Å². The van der Waals surface area contributed by atoms with Crippen molar-refractivity contribution >= 4 is 44.2 Å². The van der Waals surface area contributed by atoms with Crippen molar-refractivity contribution in [3.63, 3.8) is 0 Å². The Hall–Kier alpha value is -6.87. The third kappa shape index (κ3) is 10.5. The van der Waals surface area contributed by atoms with Crippen LogP contribution < -0.4 is 29.1 Å². The molecule has 3 aromatic carbocycles. The van der Waals surface area contributed by atoms with Crippen LogP contribution in [0.4, 0.5) is 21.6 Å². The summed E-state index contributed by atoms with van der Waals surface area (Å²) >= 11 is 0. The van der Waals surface area contributed by atoms with Crippen molar-refractivity contribution in [1.82, 2.24) is 29.5 Å². The fourth-order valence-electron chi connectivity index (χ4n) is 13.0. The fourth-order valence-corrected chi connectivity index (χ4v) is 13.9. The molecule has 7 heterocycles. The zero-order valence-corrected chi connectivity index (χ0v) is 45.5. The van der Waals surface area contributed by atoms with E-state index >= 15 is 0 Å². The van der Waals surface area contributed by atoms with Gasteiger partial charge in [-0.2, -0.15) is 4.98 Å².